The summed E-state index contributed by atoms with van der Waals surface area (Å²) < 4.78 is 10.3. The number of ether oxygens (including phenoxy) is 2. The van der Waals surface area contributed by atoms with E-state index in [1.807, 2.05) is 18.2 Å². The molecular formula is C10H15NO3. The predicted octanol–water partition coefficient (Wildman–Crippen LogP) is 1.32. The Balaban J connectivity index is 3.00. The molecule has 4 nitrogen and oxygen atoms in total. The second kappa shape index (κ2) is 5.59. The first-order valence-electron chi connectivity index (χ1n) is 4.34. The van der Waals surface area contributed by atoms with Gasteiger partial charge in [-0.3, -0.25) is 0 Å². The minimum atomic E-state index is 0.385. The van der Waals surface area contributed by atoms with E-state index < -0.39 is 0 Å². The molecule has 1 aromatic rings. The highest BCUT2D eigenvalue weighted by atomic mass is 16.5. The number of hydroxylamine groups is 1. The highest BCUT2D eigenvalue weighted by molar-refractivity contribution is 5.39. The largest absolute Gasteiger partial charge is 0.496 e. The quantitative estimate of drug-likeness (QED) is 0.699. The van der Waals surface area contributed by atoms with Crippen LogP contribution in [0.4, 0.5) is 0 Å². The fourth-order valence-electron chi connectivity index (χ4n) is 1.36. The lowest BCUT2D eigenvalue weighted by Gasteiger charge is -2.12. The molecule has 0 aliphatic rings. The summed E-state index contributed by atoms with van der Waals surface area (Å²) in [6.45, 7) is 0.858. The van der Waals surface area contributed by atoms with E-state index in [2.05, 4.69) is 5.48 Å². The van der Waals surface area contributed by atoms with E-state index in [9.17, 15) is 0 Å². The summed E-state index contributed by atoms with van der Waals surface area (Å²) >= 11 is 0. The van der Waals surface area contributed by atoms with Gasteiger partial charge in [0.2, 0.25) is 0 Å². The van der Waals surface area contributed by atoms with Crippen LogP contribution < -0.4 is 10.2 Å². The van der Waals surface area contributed by atoms with E-state index in [1.54, 1.807) is 14.2 Å². The first-order chi connectivity index (χ1) is 6.83. The molecule has 0 fully saturated rings. The molecular weight excluding hydrogens is 182 g/mol. The number of hydrogen-bond donors (Lipinski definition) is 2. The highest BCUT2D eigenvalue weighted by Gasteiger charge is 2.07. The van der Waals surface area contributed by atoms with Gasteiger partial charge in [0.15, 0.2) is 0 Å². The Hall–Kier alpha value is -1.10. The Bertz CT molecular complexity index is 289. The Labute approximate surface area is 83.4 Å². The first kappa shape index (κ1) is 11.0. The molecule has 78 valence electrons. The van der Waals surface area contributed by atoms with Crippen LogP contribution in [0.3, 0.4) is 0 Å². The van der Waals surface area contributed by atoms with E-state index in [4.69, 9.17) is 14.7 Å². The Morgan fingerprint density at radius 3 is 2.71 bits per heavy atom. The Kier molecular flexibility index (Phi) is 4.39. The molecule has 0 unspecified atom stereocenters. The van der Waals surface area contributed by atoms with Gasteiger partial charge in [-0.2, -0.15) is 0 Å². The summed E-state index contributed by atoms with van der Waals surface area (Å²) in [6, 6.07) is 5.67. The standard InChI is InChI=1S/C10H15NO3/c1-13-7-9-8(6-11-12)4-3-5-10(9)14-2/h3-5,11-12H,6-7H2,1-2H3. The molecule has 1 aromatic carbocycles. The van der Waals surface area contributed by atoms with Crippen molar-refractivity contribution in [2.75, 3.05) is 14.2 Å². The average molecular weight is 197 g/mol. The zero-order valence-electron chi connectivity index (χ0n) is 8.41. The van der Waals surface area contributed by atoms with E-state index in [-0.39, 0.29) is 0 Å². The maximum absolute atomic E-state index is 8.64. The van der Waals surface area contributed by atoms with Gasteiger partial charge in [-0.05, 0) is 11.6 Å². The van der Waals surface area contributed by atoms with Crippen molar-refractivity contribution >= 4 is 0 Å². The van der Waals surface area contributed by atoms with Crippen molar-refractivity contribution in [3.63, 3.8) is 0 Å². The average Bonchev–Trinajstić information content (AvgIpc) is 2.21. The normalized spacial score (nSPS) is 10.2. The molecule has 0 bridgehead atoms. The molecule has 0 saturated heterocycles. The summed E-state index contributed by atoms with van der Waals surface area (Å²) in [7, 11) is 3.24. The Morgan fingerprint density at radius 1 is 1.36 bits per heavy atom. The van der Waals surface area contributed by atoms with Crippen molar-refractivity contribution in [2.45, 2.75) is 13.2 Å². The van der Waals surface area contributed by atoms with Gasteiger partial charge in [-0.15, -0.1) is 0 Å². The second-order valence-electron chi connectivity index (χ2n) is 2.87. The number of hydrogen-bond acceptors (Lipinski definition) is 4. The SMILES string of the molecule is COCc1c(CNO)cccc1OC. The third kappa shape index (κ3) is 2.45. The van der Waals surface area contributed by atoms with Crippen LogP contribution in [-0.4, -0.2) is 19.4 Å². The zero-order chi connectivity index (χ0) is 10.4. The van der Waals surface area contributed by atoms with Gasteiger partial charge in [0.1, 0.15) is 5.75 Å². The molecule has 0 spiro atoms. The first-order valence-corrected chi connectivity index (χ1v) is 4.34. The maximum atomic E-state index is 8.64. The van der Waals surface area contributed by atoms with Gasteiger partial charge in [-0.25, -0.2) is 5.48 Å². The fraction of sp³-hybridized carbons (Fsp3) is 0.400. The molecule has 1 rings (SSSR count). The lowest BCUT2D eigenvalue weighted by Crippen LogP contribution is -2.09. The molecule has 4 heteroatoms. The molecule has 2 N–H and O–H groups in total. The van der Waals surface area contributed by atoms with Crippen molar-refractivity contribution in [3.05, 3.63) is 29.3 Å². The van der Waals surface area contributed by atoms with Crippen molar-refractivity contribution in [1.29, 1.82) is 0 Å². The molecule has 0 aliphatic carbocycles. The van der Waals surface area contributed by atoms with Crippen LogP contribution in [0.1, 0.15) is 11.1 Å². The molecule has 14 heavy (non-hydrogen) atoms. The van der Waals surface area contributed by atoms with Gasteiger partial charge >= 0.3 is 0 Å². The van der Waals surface area contributed by atoms with Gasteiger partial charge < -0.3 is 14.7 Å². The van der Waals surface area contributed by atoms with Crippen LogP contribution in [0.25, 0.3) is 0 Å². The smallest absolute Gasteiger partial charge is 0.124 e. The van der Waals surface area contributed by atoms with Crippen molar-refractivity contribution < 1.29 is 14.7 Å². The lowest BCUT2D eigenvalue weighted by atomic mass is 10.1. The van der Waals surface area contributed by atoms with Gasteiger partial charge in [0.05, 0.1) is 13.7 Å². The van der Waals surface area contributed by atoms with Gasteiger partial charge in [0.25, 0.3) is 0 Å². The molecule has 0 atom stereocenters. The van der Waals surface area contributed by atoms with E-state index in [1.165, 1.54) is 0 Å². The fourth-order valence-corrected chi connectivity index (χ4v) is 1.36. The number of benzene rings is 1. The van der Waals surface area contributed by atoms with Crippen LogP contribution >= 0.6 is 0 Å². The monoisotopic (exact) mass is 197 g/mol. The third-order valence-corrected chi connectivity index (χ3v) is 2.01. The molecule has 0 radical (unpaired) electrons. The molecule has 0 amide bonds. The maximum Gasteiger partial charge on any atom is 0.124 e. The van der Waals surface area contributed by atoms with Crippen molar-refractivity contribution in [2.24, 2.45) is 0 Å². The highest BCUT2D eigenvalue weighted by Crippen LogP contribution is 2.22. The minimum absolute atomic E-state index is 0.385. The van der Waals surface area contributed by atoms with Crippen molar-refractivity contribution in [3.8, 4) is 5.75 Å². The summed E-state index contributed by atoms with van der Waals surface area (Å²) in [5, 5.41) is 8.64. The topological polar surface area (TPSA) is 50.7 Å². The second-order valence-corrected chi connectivity index (χ2v) is 2.87. The molecule has 0 aromatic heterocycles. The predicted molar refractivity (Wildman–Crippen MR) is 52.3 cm³/mol. The van der Waals surface area contributed by atoms with Crippen LogP contribution in [0.5, 0.6) is 5.75 Å². The van der Waals surface area contributed by atoms with E-state index in [0.717, 1.165) is 16.9 Å². The summed E-state index contributed by atoms with van der Waals surface area (Å²) in [5.41, 5.74) is 4.05. The molecule has 0 aliphatic heterocycles. The van der Waals surface area contributed by atoms with Crippen LogP contribution in [0, 0.1) is 0 Å². The summed E-state index contributed by atoms with van der Waals surface area (Å²) in [6.07, 6.45) is 0. The minimum Gasteiger partial charge on any atom is -0.496 e. The molecule has 0 heterocycles. The van der Waals surface area contributed by atoms with Gasteiger partial charge in [-0.1, -0.05) is 12.1 Å². The summed E-state index contributed by atoms with van der Waals surface area (Å²) in [4.78, 5) is 0. The zero-order valence-corrected chi connectivity index (χ0v) is 8.41. The van der Waals surface area contributed by atoms with Crippen LogP contribution in [0.2, 0.25) is 0 Å². The Morgan fingerprint density at radius 2 is 2.14 bits per heavy atom. The number of rotatable bonds is 5. The van der Waals surface area contributed by atoms with Crippen molar-refractivity contribution in [1.82, 2.24) is 5.48 Å². The number of methoxy groups -OCH3 is 2. The number of nitrogens with one attached hydrogen (secondary N) is 1. The van der Waals surface area contributed by atoms with Crippen LogP contribution in [0.15, 0.2) is 18.2 Å². The van der Waals surface area contributed by atoms with Gasteiger partial charge in [0, 0.05) is 19.2 Å². The third-order valence-electron chi connectivity index (χ3n) is 2.01. The molecule has 0 saturated carbocycles. The summed E-state index contributed by atoms with van der Waals surface area (Å²) in [5.74, 6) is 0.777. The van der Waals surface area contributed by atoms with E-state index >= 15 is 0 Å². The van der Waals surface area contributed by atoms with E-state index in [0.29, 0.717) is 13.2 Å². The lowest BCUT2D eigenvalue weighted by molar-refractivity contribution is 0.156. The van der Waals surface area contributed by atoms with Crippen LogP contribution in [-0.2, 0) is 17.9 Å².